The zero-order valence-corrected chi connectivity index (χ0v) is 13.3. The number of carboxylic acid groups (broad SMARTS) is 1. The Morgan fingerprint density at radius 3 is 2.70 bits per heavy atom. The Hall–Kier alpha value is -2.28. The molecule has 1 aliphatic carbocycles. The van der Waals surface area contributed by atoms with Crippen molar-refractivity contribution in [3.05, 3.63) is 18.2 Å². The van der Waals surface area contributed by atoms with Gasteiger partial charge in [-0.05, 0) is 36.5 Å². The summed E-state index contributed by atoms with van der Waals surface area (Å²) in [5, 5.41) is 11.8. The molecule has 7 nitrogen and oxygen atoms in total. The summed E-state index contributed by atoms with van der Waals surface area (Å²) in [7, 11) is 0. The maximum absolute atomic E-state index is 12.2. The highest BCUT2D eigenvalue weighted by molar-refractivity contribution is 5.94. The fourth-order valence-electron chi connectivity index (χ4n) is 3.07. The van der Waals surface area contributed by atoms with Gasteiger partial charge in [0, 0.05) is 12.1 Å². The molecule has 1 heterocycles. The van der Waals surface area contributed by atoms with Gasteiger partial charge in [-0.25, -0.2) is 4.98 Å². The monoisotopic (exact) mass is 338 g/mol. The van der Waals surface area contributed by atoms with Crippen molar-refractivity contribution in [2.45, 2.75) is 32.1 Å². The number of fused-ring (bicyclic) bond motifs is 1. The van der Waals surface area contributed by atoms with Crippen molar-refractivity contribution in [2.75, 3.05) is 11.1 Å². The van der Waals surface area contributed by atoms with Gasteiger partial charge in [0.1, 0.15) is 0 Å². The van der Waals surface area contributed by atoms with Crippen LogP contribution in [0.25, 0.3) is 11.0 Å². The number of nitrogens with two attached hydrogens (primary N) is 1. The van der Waals surface area contributed by atoms with E-state index >= 15 is 0 Å². The number of nitrogens with one attached hydrogen (secondary N) is 2. The molecule has 0 spiro atoms. The van der Waals surface area contributed by atoms with Gasteiger partial charge in [-0.1, -0.05) is 6.42 Å². The molecule has 0 unspecified atom stereocenters. The minimum Gasteiger partial charge on any atom is -0.481 e. The van der Waals surface area contributed by atoms with E-state index in [1.807, 2.05) is 0 Å². The number of benzene rings is 1. The smallest absolute Gasteiger partial charge is 0.303 e. The topological polar surface area (TPSA) is 121 Å². The van der Waals surface area contributed by atoms with Crippen LogP contribution in [0, 0.1) is 5.41 Å². The van der Waals surface area contributed by atoms with Crippen LogP contribution >= 0.6 is 12.4 Å². The first kappa shape index (κ1) is 17.1. The number of carbonyl (C=O) groups is 2. The number of imidazole rings is 1. The second-order valence-electron chi connectivity index (χ2n) is 6.00. The van der Waals surface area contributed by atoms with E-state index in [4.69, 9.17) is 10.8 Å². The normalized spacial score (nSPS) is 15.5. The van der Waals surface area contributed by atoms with Gasteiger partial charge in [-0.15, -0.1) is 12.4 Å². The lowest BCUT2D eigenvalue weighted by atomic mass is 9.64. The summed E-state index contributed by atoms with van der Waals surface area (Å²) in [5.74, 6) is -0.678. The number of aromatic amines is 1. The van der Waals surface area contributed by atoms with Gasteiger partial charge in [0.25, 0.3) is 0 Å². The maximum Gasteiger partial charge on any atom is 0.303 e. The summed E-state index contributed by atoms with van der Waals surface area (Å²) < 4.78 is 0. The molecule has 1 fully saturated rings. The molecule has 1 aromatic carbocycles. The Morgan fingerprint density at radius 2 is 2.09 bits per heavy atom. The third kappa shape index (κ3) is 3.73. The molecule has 5 N–H and O–H groups in total. The number of carbonyl (C=O) groups excluding carboxylic acids is 1. The third-order valence-corrected chi connectivity index (χ3v) is 4.26. The first-order chi connectivity index (χ1) is 10.5. The third-order valence-electron chi connectivity index (χ3n) is 4.26. The molecular formula is C15H19ClN4O3. The van der Waals surface area contributed by atoms with Crippen LogP contribution in [-0.2, 0) is 9.59 Å². The Kier molecular flexibility index (Phi) is 4.79. The van der Waals surface area contributed by atoms with Crippen LogP contribution in [0.1, 0.15) is 32.1 Å². The number of rotatable bonds is 5. The molecule has 0 saturated heterocycles. The highest BCUT2D eigenvalue weighted by atomic mass is 35.5. The summed E-state index contributed by atoms with van der Waals surface area (Å²) in [4.78, 5) is 30.1. The number of aromatic nitrogens is 2. The van der Waals surface area contributed by atoms with Crippen LogP contribution in [0.2, 0.25) is 0 Å². The summed E-state index contributed by atoms with van der Waals surface area (Å²) in [6.07, 6.45) is 2.87. The molecule has 23 heavy (non-hydrogen) atoms. The molecule has 0 atom stereocenters. The van der Waals surface area contributed by atoms with Crippen molar-refractivity contribution in [3.8, 4) is 0 Å². The molecule has 0 bridgehead atoms. The standard InChI is InChI=1S/C15H18N4O3.ClH/c16-14-18-10-3-2-9(6-11(10)19-14)17-12(20)7-15(4-1-5-15)8-13(21)22;/h2-3,6H,1,4-5,7-8H2,(H,17,20)(H,21,22)(H3,16,18,19);1H. The number of halogens is 1. The summed E-state index contributed by atoms with van der Waals surface area (Å²) >= 11 is 0. The Balaban J connectivity index is 0.00000192. The van der Waals surface area contributed by atoms with Gasteiger partial charge in [0.2, 0.25) is 5.91 Å². The summed E-state index contributed by atoms with van der Waals surface area (Å²) in [5.41, 5.74) is 7.34. The molecule has 1 aromatic heterocycles. The van der Waals surface area contributed by atoms with Crippen LogP contribution in [0.4, 0.5) is 11.6 Å². The number of amides is 1. The van der Waals surface area contributed by atoms with Crippen LogP contribution in [-0.4, -0.2) is 27.0 Å². The molecule has 0 aliphatic heterocycles. The quantitative estimate of drug-likeness (QED) is 0.667. The predicted molar refractivity (Wildman–Crippen MR) is 89.5 cm³/mol. The van der Waals surface area contributed by atoms with Gasteiger partial charge in [-0.2, -0.15) is 0 Å². The predicted octanol–water partition coefficient (Wildman–Crippen LogP) is 2.54. The van der Waals surface area contributed by atoms with Gasteiger partial charge >= 0.3 is 5.97 Å². The zero-order chi connectivity index (χ0) is 15.7. The summed E-state index contributed by atoms with van der Waals surface area (Å²) in [6, 6.07) is 5.29. The number of nitrogen functional groups attached to an aromatic ring is 1. The van der Waals surface area contributed by atoms with E-state index in [9.17, 15) is 9.59 Å². The van der Waals surface area contributed by atoms with Crippen LogP contribution in [0.15, 0.2) is 18.2 Å². The summed E-state index contributed by atoms with van der Waals surface area (Å²) in [6.45, 7) is 0. The van der Waals surface area contributed by atoms with Crippen molar-refractivity contribution in [2.24, 2.45) is 5.41 Å². The highest BCUT2D eigenvalue weighted by Gasteiger charge is 2.40. The van der Waals surface area contributed by atoms with Crippen molar-refractivity contribution >= 4 is 47.0 Å². The lowest BCUT2D eigenvalue weighted by Gasteiger charge is -2.40. The average molecular weight is 339 g/mol. The minimum absolute atomic E-state index is 0. The van der Waals surface area contributed by atoms with Crippen molar-refractivity contribution in [1.82, 2.24) is 9.97 Å². The first-order valence-corrected chi connectivity index (χ1v) is 7.23. The molecule has 0 radical (unpaired) electrons. The minimum atomic E-state index is -0.846. The maximum atomic E-state index is 12.2. The number of anilines is 2. The van der Waals surface area contributed by atoms with Gasteiger partial charge in [-0.3, -0.25) is 9.59 Å². The van der Waals surface area contributed by atoms with E-state index in [2.05, 4.69) is 15.3 Å². The number of hydrogen-bond donors (Lipinski definition) is 4. The number of hydrogen-bond acceptors (Lipinski definition) is 4. The van der Waals surface area contributed by atoms with Crippen molar-refractivity contribution in [3.63, 3.8) is 0 Å². The van der Waals surface area contributed by atoms with E-state index in [0.717, 1.165) is 30.3 Å². The SMILES string of the molecule is Cl.Nc1nc2ccc(NC(=O)CC3(CC(=O)O)CCC3)cc2[nH]1. The van der Waals surface area contributed by atoms with E-state index in [0.29, 0.717) is 11.6 Å². The molecule has 2 aromatic rings. The van der Waals surface area contributed by atoms with E-state index < -0.39 is 5.97 Å². The lowest BCUT2D eigenvalue weighted by molar-refractivity contribution is -0.142. The fourth-order valence-corrected chi connectivity index (χ4v) is 3.07. The second kappa shape index (κ2) is 6.45. The molecule has 124 valence electrons. The highest BCUT2D eigenvalue weighted by Crippen LogP contribution is 2.47. The first-order valence-electron chi connectivity index (χ1n) is 7.23. The Bertz CT molecular complexity index is 739. The van der Waals surface area contributed by atoms with Crippen LogP contribution < -0.4 is 11.1 Å². The van der Waals surface area contributed by atoms with Crippen molar-refractivity contribution in [1.29, 1.82) is 0 Å². The van der Waals surface area contributed by atoms with Crippen LogP contribution in [0.5, 0.6) is 0 Å². The van der Waals surface area contributed by atoms with E-state index in [1.165, 1.54) is 0 Å². The van der Waals surface area contributed by atoms with E-state index in [1.54, 1.807) is 18.2 Å². The molecule has 3 rings (SSSR count). The zero-order valence-electron chi connectivity index (χ0n) is 12.5. The number of nitrogens with zero attached hydrogens (tertiary/aromatic N) is 1. The van der Waals surface area contributed by atoms with Gasteiger partial charge in [0.15, 0.2) is 5.95 Å². The molecule has 1 aliphatic rings. The molecular weight excluding hydrogens is 320 g/mol. The van der Waals surface area contributed by atoms with Crippen LogP contribution in [0.3, 0.4) is 0 Å². The molecule has 1 amide bonds. The second-order valence-corrected chi connectivity index (χ2v) is 6.00. The van der Waals surface area contributed by atoms with Gasteiger partial charge in [0.05, 0.1) is 17.5 Å². The van der Waals surface area contributed by atoms with Gasteiger partial charge < -0.3 is 21.1 Å². The average Bonchev–Trinajstić information content (AvgIpc) is 2.74. The number of aliphatic carboxylic acids is 1. The fraction of sp³-hybridized carbons (Fsp3) is 0.400. The Labute approximate surface area is 139 Å². The molecule has 8 heteroatoms. The lowest BCUT2D eigenvalue weighted by Crippen LogP contribution is -2.36. The van der Waals surface area contributed by atoms with E-state index in [-0.39, 0.29) is 36.6 Å². The van der Waals surface area contributed by atoms with Crippen molar-refractivity contribution < 1.29 is 14.7 Å². The Morgan fingerprint density at radius 1 is 1.35 bits per heavy atom. The molecule has 1 saturated carbocycles. The largest absolute Gasteiger partial charge is 0.481 e. The number of carboxylic acids is 1. The number of H-pyrrole nitrogens is 1.